The van der Waals surface area contributed by atoms with Crippen LogP contribution in [0.1, 0.15) is 20.8 Å². The Morgan fingerprint density at radius 3 is 2.47 bits per heavy atom. The van der Waals surface area contributed by atoms with Gasteiger partial charge in [0.15, 0.2) is 0 Å². The Morgan fingerprint density at radius 2 is 2.00 bits per heavy atom. The number of hydrogen-bond donors (Lipinski definition) is 1. The highest BCUT2D eigenvalue weighted by Gasteiger charge is 2.21. The Kier molecular flexibility index (Phi) is 4.53. The van der Waals surface area contributed by atoms with Gasteiger partial charge in [0.05, 0.1) is 13.2 Å². The molecule has 0 unspecified atom stereocenters. The van der Waals surface area contributed by atoms with Crippen molar-refractivity contribution in [3.05, 3.63) is 11.8 Å². The molecule has 1 N–H and O–H groups in total. The van der Waals surface area contributed by atoms with Gasteiger partial charge in [-0.15, -0.1) is 0 Å². The lowest BCUT2D eigenvalue weighted by molar-refractivity contribution is -0.130. The third kappa shape index (κ3) is 4.45. The summed E-state index contributed by atoms with van der Waals surface area (Å²) in [7, 11) is 0. The summed E-state index contributed by atoms with van der Waals surface area (Å²) in [5, 5.41) is 12.0. The first-order valence-electron chi connectivity index (χ1n) is 5.69. The number of rotatable bonds is 2. The van der Waals surface area contributed by atoms with Crippen LogP contribution in [0.25, 0.3) is 0 Å². The maximum atomic E-state index is 12.0. The first kappa shape index (κ1) is 13.5. The normalized spacial score (nSPS) is 17.5. The minimum absolute atomic E-state index is 0.141. The van der Waals surface area contributed by atoms with Gasteiger partial charge in [-0.3, -0.25) is 4.79 Å². The van der Waals surface area contributed by atoms with Crippen molar-refractivity contribution in [1.29, 1.82) is 5.26 Å². The number of hydrogen-bond acceptors (Lipinski definition) is 4. The lowest BCUT2D eigenvalue weighted by atomic mass is 10.1. The second kappa shape index (κ2) is 5.69. The molecule has 1 rings (SSSR count). The summed E-state index contributed by atoms with van der Waals surface area (Å²) in [5.74, 6) is -0.229. The summed E-state index contributed by atoms with van der Waals surface area (Å²) < 4.78 is 5.17. The smallest absolute Gasteiger partial charge is 0.266 e. The van der Waals surface area contributed by atoms with Crippen molar-refractivity contribution in [1.82, 2.24) is 10.2 Å². The molecule has 0 aromatic heterocycles. The monoisotopic (exact) mass is 237 g/mol. The molecule has 0 aromatic rings. The molecule has 0 spiro atoms. The first-order valence-corrected chi connectivity index (χ1v) is 5.69. The van der Waals surface area contributed by atoms with E-state index < -0.39 is 0 Å². The molecule has 1 fully saturated rings. The lowest BCUT2D eigenvalue weighted by Crippen LogP contribution is -2.42. The minimum Gasteiger partial charge on any atom is -0.385 e. The average molecular weight is 237 g/mol. The van der Waals surface area contributed by atoms with Crippen LogP contribution in [0.15, 0.2) is 11.8 Å². The fourth-order valence-corrected chi connectivity index (χ4v) is 1.37. The number of nitrogens with one attached hydrogen (secondary N) is 1. The molecule has 1 heterocycles. The molecule has 17 heavy (non-hydrogen) atoms. The van der Waals surface area contributed by atoms with Crippen LogP contribution < -0.4 is 5.32 Å². The van der Waals surface area contributed by atoms with Crippen molar-refractivity contribution in [3.63, 3.8) is 0 Å². The first-order chi connectivity index (χ1) is 7.94. The molecule has 0 atom stereocenters. The predicted octanol–water partition coefficient (Wildman–Crippen LogP) is 0.641. The van der Waals surface area contributed by atoms with Gasteiger partial charge in [-0.25, -0.2) is 0 Å². The Labute approximate surface area is 102 Å². The van der Waals surface area contributed by atoms with E-state index in [0.717, 1.165) is 0 Å². The van der Waals surface area contributed by atoms with Crippen LogP contribution in [0.4, 0.5) is 0 Å². The third-order valence-electron chi connectivity index (χ3n) is 2.30. The SMILES string of the molecule is CC(C)(C)N/C=C(/C#N)C(=O)N1CCOCC1. The highest BCUT2D eigenvalue weighted by atomic mass is 16.5. The molecular weight excluding hydrogens is 218 g/mol. The second-order valence-corrected chi connectivity index (χ2v) is 4.97. The van der Waals surface area contributed by atoms with Crippen LogP contribution in [0.3, 0.4) is 0 Å². The van der Waals surface area contributed by atoms with Crippen LogP contribution in [0.5, 0.6) is 0 Å². The molecule has 1 aliphatic rings. The molecular formula is C12H19N3O2. The van der Waals surface area contributed by atoms with E-state index in [1.165, 1.54) is 6.20 Å². The Bertz CT molecular complexity index is 344. The highest BCUT2D eigenvalue weighted by Crippen LogP contribution is 2.06. The van der Waals surface area contributed by atoms with E-state index >= 15 is 0 Å². The summed E-state index contributed by atoms with van der Waals surface area (Å²) in [6, 6.07) is 1.94. The van der Waals surface area contributed by atoms with Gasteiger partial charge in [0, 0.05) is 24.8 Å². The summed E-state index contributed by atoms with van der Waals surface area (Å²) in [5.41, 5.74) is -0.0188. The molecule has 0 saturated carbocycles. The fraction of sp³-hybridized carbons (Fsp3) is 0.667. The van der Waals surface area contributed by atoms with Crippen LogP contribution >= 0.6 is 0 Å². The van der Waals surface area contributed by atoms with Crippen molar-refractivity contribution in [2.24, 2.45) is 0 Å². The average Bonchev–Trinajstić information content (AvgIpc) is 2.29. The summed E-state index contributed by atoms with van der Waals surface area (Å²) >= 11 is 0. The molecule has 1 amide bonds. The summed E-state index contributed by atoms with van der Waals surface area (Å²) in [6.45, 7) is 8.09. The zero-order chi connectivity index (χ0) is 12.9. The molecule has 0 bridgehead atoms. The number of ether oxygens (including phenoxy) is 1. The van der Waals surface area contributed by atoms with Gasteiger partial charge in [0.1, 0.15) is 11.6 Å². The zero-order valence-corrected chi connectivity index (χ0v) is 10.6. The van der Waals surface area contributed by atoms with E-state index in [1.54, 1.807) is 4.90 Å². The van der Waals surface area contributed by atoms with Gasteiger partial charge < -0.3 is 15.0 Å². The lowest BCUT2D eigenvalue weighted by Gasteiger charge is -2.27. The van der Waals surface area contributed by atoms with Crippen molar-refractivity contribution in [2.75, 3.05) is 26.3 Å². The second-order valence-electron chi connectivity index (χ2n) is 4.97. The van der Waals surface area contributed by atoms with E-state index in [2.05, 4.69) is 5.32 Å². The van der Waals surface area contributed by atoms with Gasteiger partial charge in [-0.2, -0.15) is 5.26 Å². The van der Waals surface area contributed by atoms with E-state index in [9.17, 15) is 4.79 Å². The summed E-state index contributed by atoms with van der Waals surface area (Å²) in [4.78, 5) is 13.6. The fourth-order valence-electron chi connectivity index (χ4n) is 1.37. The van der Waals surface area contributed by atoms with Crippen LogP contribution in [0.2, 0.25) is 0 Å². The number of morpholine rings is 1. The Morgan fingerprint density at radius 1 is 1.41 bits per heavy atom. The van der Waals surface area contributed by atoms with Crippen molar-refractivity contribution in [3.8, 4) is 6.07 Å². The van der Waals surface area contributed by atoms with Gasteiger partial charge in [-0.05, 0) is 20.8 Å². The van der Waals surface area contributed by atoms with Gasteiger partial charge in [0.25, 0.3) is 5.91 Å². The molecule has 0 aliphatic carbocycles. The molecule has 94 valence electrons. The van der Waals surface area contributed by atoms with Crippen molar-refractivity contribution in [2.45, 2.75) is 26.3 Å². The van der Waals surface area contributed by atoms with Crippen LogP contribution in [-0.4, -0.2) is 42.6 Å². The topological polar surface area (TPSA) is 65.4 Å². The molecule has 0 aromatic carbocycles. The van der Waals surface area contributed by atoms with E-state index in [1.807, 2.05) is 26.8 Å². The largest absolute Gasteiger partial charge is 0.385 e. The van der Waals surface area contributed by atoms with E-state index in [0.29, 0.717) is 26.3 Å². The van der Waals surface area contributed by atoms with Gasteiger partial charge in [-0.1, -0.05) is 0 Å². The third-order valence-corrected chi connectivity index (χ3v) is 2.30. The van der Waals surface area contributed by atoms with Gasteiger partial charge in [0.2, 0.25) is 0 Å². The number of nitrogens with zero attached hydrogens (tertiary/aromatic N) is 2. The van der Waals surface area contributed by atoms with E-state index in [-0.39, 0.29) is 17.0 Å². The maximum absolute atomic E-state index is 12.0. The van der Waals surface area contributed by atoms with Gasteiger partial charge >= 0.3 is 0 Å². The Hall–Kier alpha value is -1.54. The number of nitriles is 1. The molecule has 5 nitrogen and oxygen atoms in total. The van der Waals surface area contributed by atoms with Crippen LogP contribution in [-0.2, 0) is 9.53 Å². The highest BCUT2D eigenvalue weighted by molar-refractivity contribution is 5.97. The summed E-state index contributed by atoms with van der Waals surface area (Å²) in [6.07, 6.45) is 1.50. The number of carbonyl (C=O) groups excluding carboxylic acids is 1. The zero-order valence-electron chi connectivity index (χ0n) is 10.6. The predicted molar refractivity (Wildman–Crippen MR) is 64.0 cm³/mol. The molecule has 0 radical (unpaired) electrons. The molecule has 5 heteroatoms. The number of amides is 1. The molecule has 1 saturated heterocycles. The minimum atomic E-state index is -0.229. The van der Waals surface area contributed by atoms with Crippen molar-refractivity contribution >= 4 is 5.91 Å². The Balaban J connectivity index is 2.67. The quantitative estimate of drug-likeness (QED) is 0.565. The standard InChI is InChI=1S/C12H19N3O2/c1-12(2,3)14-9-10(8-13)11(16)15-4-6-17-7-5-15/h9,14H,4-7H2,1-3H3/b10-9-. The van der Waals surface area contributed by atoms with Crippen molar-refractivity contribution < 1.29 is 9.53 Å². The van der Waals surface area contributed by atoms with E-state index in [4.69, 9.17) is 10.00 Å². The maximum Gasteiger partial charge on any atom is 0.266 e. The molecule has 1 aliphatic heterocycles. The van der Waals surface area contributed by atoms with Crippen LogP contribution in [0, 0.1) is 11.3 Å². The number of carbonyl (C=O) groups is 1.